The highest BCUT2D eigenvalue weighted by Gasteiger charge is 2.32. The van der Waals surface area contributed by atoms with Crippen molar-refractivity contribution in [3.8, 4) is 0 Å². The van der Waals surface area contributed by atoms with Gasteiger partial charge in [0, 0.05) is 33.6 Å². The highest BCUT2D eigenvalue weighted by atomic mass is 31.0. The molecular weight excluding hydrogens is 231 g/mol. The number of hydrogen-bond donors (Lipinski definition) is 0. The summed E-state index contributed by atoms with van der Waals surface area (Å²) >= 11 is 0. The van der Waals surface area contributed by atoms with Gasteiger partial charge in [0.2, 0.25) is 0 Å². The number of nitrogens with zero attached hydrogens (tertiary/aromatic N) is 2. The number of hydrogen-bond acceptors (Lipinski definition) is 3. The van der Waals surface area contributed by atoms with E-state index in [9.17, 15) is 0 Å². The van der Waals surface area contributed by atoms with Crippen molar-refractivity contribution < 1.29 is 4.52 Å². The van der Waals surface area contributed by atoms with Crippen LogP contribution in [0.15, 0.2) is 0 Å². The number of rotatable bonds is 7. The zero-order valence-corrected chi connectivity index (χ0v) is 13.9. The van der Waals surface area contributed by atoms with Crippen LogP contribution in [0.1, 0.15) is 55.4 Å². The Morgan fingerprint density at radius 3 is 1.00 bits per heavy atom. The standard InChI is InChI=1S/C13H31N2OP/c1-9(2)14(10(3)4)13(16-17)15(11(5)6)12(7)8/h9-13H,17H2,1-8H3. The fourth-order valence-electron chi connectivity index (χ4n) is 2.51. The summed E-state index contributed by atoms with van der Waals surface area (Å²) in [6.07, 6.45) is 0.0139. The van der Waals surface area contributed by atoms with E-state index in [2.05, 4.69) is 74.7 Å². The van der Waals surface area contributed by atoms with Gasteiger partial charge in [0.1, 0.15) is 0 Å². The minimum atomic E-state index is 0.0139. The second-order valence-corrected chi connectivity index (χ2v) is 6.00. The van der Waals surface area contributed by atoms with Gasteiger partial charge in [-0.25, -0.2) is 0 Å². The molecule has 3 nitrogen and oxygen atoms in total. The van der Waals surface area contributed by atoms with E-state index in [1.54, 1.807) is 0 Å². The molecule has 0 bridgehead atoms. The van der Waals surface area contributed by atoms with Crippen LogP contribution in [0.3, 0.4) is 0 Å². The molecule has 0 saturated carbocycles. The maximum atomic E-state index is 5.69. The van der Waals surface area contributed by atoms with E-state index in [1.807, 2.05) is 0 Å². The molecule has 1 unspecified atom stereocenters. The van der Waals surface area contributed by atoms with E-state index in [0.29, 0.717) is 24.2 Å². The lowest BCUT2D eigenvalue weighted by Crippen LogP contribution is -2.58. The summed E-state index contributed by atoms with van der Waals surface area (Å²) in [6.45, 7) is 17.7. The van der Waals surface area contributed by atoms with E-state index in [0.717, 1.165) is 0 Å². The van der Waals surface area contributed by atoms with Crippen LogP contribution in [-0.4, -0.2) is 40.3 Å². The SMILES string of the molecule is CC(C)N(C(C)C)C(OP)N(C(C)C)C(C)C. The van der Waals surface area contributed by atoms with Gasteiger partial charge in [-0.3, -0.25) is 9.80 Å². The molecule has 1 atom stereocenters. The lowest BCUT2D eigenvalue weighted by atomic mass is 10.2. The van der Waals surface area contributed by atoms with Crippen molar-refractivity contribution >= 4 is 9.47 Å². The molecule has 17 heavy (non-hydrogen) atoms. The molecular formula is C13H31N2OP. The molecule has 0 fully saturated rings. The van der Waals surface area contributed by atoms with Crippen molar-refractivity contribution in [1.82, 2.24) is 9.80 Å². The summed E-state index contributed by atoms with van der Waals surface area (Å²) < 4.78 is 5.69. The fourth-order valence-corrected chi connectivity index (χ4v) is 2.79. The first-order valence-electron chi connectivity index (χ1n) is 6.64. The van der Waals surface area contributed by atoms with Crippen molar-refractivity contribution in [2.24, 2.45) is 0 Å². The average molecular weight is 262 g/mol. The Labute approximate surface area is 110 Å². The molecule has 0 aromatic carbocycles. The molecule has 0 aliphatic heterocycles. The summed E-state index contributed by atoms with van der Waals surface area (Å²) in [5, 5.41) is 0. The largest absolute Gasteiger partial charge is 0.333 e. The van der Waals surface area contributed by atoms with Crippen molar-refractivity contribution in [2.45, 2.75) is 85.9 Å². The van der Waals surface area contributed by atoms with Crippen LogP contribution in [-0.2, 0) is 4.52 Å². The first-order valence-corrected chi connectivity index (χ1v) is 7.11. The van der Waals surface area contributed by atoms with Crippen LogP contribution < -0.4 is 0 Å². The normalized spacial score (nSPS) is 13.4. The first-order chi connectivity index (χ1) is 7.73. The third-order valence-corrected chi connectivity index (χ3v) is 3.26. The van der Waals surface area contributed by atoms with E-state index in [-0.39, 0.29) is 6.35 Å². The highest BCUT2D eigenvalue weighted by molar-refractivity contribution is 7.09. The van der Waals surface area contributed by atoms with Gasteiger partial charge in [0.25, 0.3) is 0 Å². The average Bonchev–Trinajstić information content (AvgIpc) is 2.13. The fraction of sp³-hybridized carbons (Fsp3) is 1.00. The Morgan fingerprint density at radius 1 is 0.647 bits per heavy atom. The molecule has 0 aliphatic rings. The molecule has 0 saturated heterocycles. The van der Waals surface area contributed by atoms with Crippen LogP contribution >= 0.6 is 9.47 Å². The van der Waals surface area contributed by atoms with E-state index in [1.165, 1.54) is 0 Å². The predicted octanol–water partition coefficient (Wildman–Crippen LogP) is 3.31. The minimum absolute atomic E-state index is 0.0139. The molecule has 0 aliphatic carbocycles. The van der Waals surface area contributed by atoms with E-state index < -0.39 is 0 Å². The monoisotopic (exact) mass is 262 g/mol. The van der Waals surface area contributed by atoms with E-state index >= 15 is 0 Å². The van der Waals surface area contributed by atoms with Crippen LogP contribution in [0.5, 0.6) is 0 Å². The van der Waals surface area contributed by atoms with Crippen molar-refractivity contribution in [3.05, 3.63) is 0 Å². The summed E-state index contributed by atoms with van der Waals surface area (Å²) in [5.74, 6) is 0. The van der Waals surface area contributed by atoms with E-state index in [4.69, 9.17) is 4.52 Å². The van der Waals surface area contributed by atoms with Crippen LogP contribution in [0.2, 0.25) is 0 Å². The third kappa shape index (κ3) is 4.82. The quantitative estimate of drug-likeness (QED) is 0.517. The van der Waals surface area contributed by atoms with Gasteiger partial charge in [-0.1, -0.05) is 0 Å². The van der Waals surface area contributed by atoms with Gasteiger partial charge in [-0.2, -0.15) is 0 Å². The van der Waals surface area contributed by atoms with Gasteiger partial charge in [0.05, 0.1) is 0 Å². The van der Waals surface area contributed by atoms with Gasteiger partial charge < -0.3 is 4.52 Å². The van der Waals surface area contributed by atoms with Gasteiger partial charge in [-0.05, 0) is 55.4 Å². The summed E-state index contributed by atoms with van der Waals surface area (Å²) in [7, 11) is 2.43. The molecule has 0 heterocycles. The smallest absolute Gasteiger partial charge is 0.172 e. The summed E-state index contributed by atoms with van der Waals surface area (Å²) in [5.41, 5.74) is 0. The van der Waals surface area contributed by atoms with Gasteiger partial charge in [-0.15, -0.1) is 0 Å². The maximum absolute atomic E-state index is 5.69. The molecule has 0 aromatic rings. The molecule has 0 N–H and O–H groups in total. The second-order valence-electron chi connectivity index (χ2n) is 5.73. The lowest BCUT2D eigenvalue weighted by Gasteiger charge is -2.46. The second kappa shape index (κ2) is 7.68. The highest BCUT2D eigenvalue weighted by Crippen LogP contribution is 2.22. The zero-order chi connectivity index (χ0) is 13.7. The Balaban J connectivity index is 5.11. The predicted molar refractivity (Wildman–Crippen MR) is 78.8 cm³/mol. The molecule has 0 amide bonds. The van der Waals surface area contributed by atoms with Crippen molar-refractivity contribution in [3.63, 3.8) is 0 Å². The van der Waals surface area contributed by atoms with Crippen LogP contribution in [0.4, 0.5) is 0 Å². The van der Waals surface area contributed by atoms with Gasteiger partial charge in [0.15, 0.2) is 6.35 Å². The van der Waals surface area contributed by atoms with Crippen LogP contribution in [0.25, 0.3) is 0 Å². The molecule has 0 aromatic heterocycles. The Bertz CT molecular complexity index is 172. The van der Waals surface area contributed by atoms with Crippen LogP contribution in [0, 0.1) is 0 Å². The van der Waals surface area contributed by atoms with Crippen molar-refractivity contribution in [2.75, 3.05) is 0 Å². The zero-order valence-electron chi connectivity index (χ0n) is 12.8. The molecule has 0 rings (SSSR count). The minimum Gasteiger partial charge on any atom is -0.333 e. The Morgan fingerprint density at radius 2 is 0.882 bits per heavy atom. The Kier molecular flexibility index (Phi) is 7.82. The molecule has 104 valence electrons. The summed E-state index contributed by atoms with van der Waals surface area (Å²) in [6, 6.07) is 1.84. The molecule has 0 radical (unpaired) electrons. The lowest BCUT2D eigenvalue weighted by molar-refractivity contribution is -0.136. The first kappa shape index (κ1) is 17.3. The Hall–Kier alpha value is 0.310. The molecule has 0 spiro atoms. The molecule has 4 heteroatoms. The topological polar surface area (TPSA) is 15.7 Å². The summed E-state index contributed by atoms with van der Waals surface area (Å²) in [4.78, 5) is 4.79. The van der Waals surface area contributed by atoms with Gasteiger partial charge >= 0.3 is 0 Å². The van der Waals surface area contributed by atoms with Crippen molar-refractivity contribution in [1.29, 1.82) is 0 Å². The maximum Gasteiger partial charge on any atom is 0.172 e. The third-order valence-electron chi connectivity index (χ3n) is 3.02.